The van der Waals surface area contributed by atoms with Crippen molar-refractivity contribution in [3.05, 3.63) is 77.9 Å². The molecule has 0 bridgehead atoms. The minimum atomic E-state index is -4.76. The van der Waals surface area contributed by atoms with Crippen molar-refractivity contribution in [1.82, 2.24) is 0 Å². The first-order chi connectivity index (χ1) is 17.7. The minimum absolute atomic E-state index is 0.0435. The first-order valence-corrected chi connectivity index (χ1v) is 13.0. The quantitative estimate of drug-likeness (QED) is 0.383. The van der Waals surface area contributed by atoms with Crippen LogP contribution in [-0.4, -0.2) is 39.6 Å². The lowest BCUT2D eigenvalue weighted by molar-refractivity contribution is -0.148. The Hall–Kier alpha value is -3.22. The summed E-state index contributed by atoms with van der Waals surface area (Å²) in [6.07, 6.45) is -6.32. The number of fused-ring (bicyclic) bond motifs is 1. The van der Waals surface area contributed by atoms with Gasteiger partial charge in [0.25, 0.3) is 10.0 Å². The molecular weight excluding hydrogens is 533 g/mol. The van der Waals surface area contributed by atoms with Gasteiger partial charge in [0.1, 0.15) is 29.6 Å². The van der Waals surface area contributed by atoms with Gasteiger partial charge in [0, 0.05) is 5.56 Å². The molecule has 0 spiro atoms. The van der Waals surface area contributed by atoms with Crippen molar-refractivity contribution in [3.63, 3.8) is 0 Å². The molecule has 2 atom stereocenters. The molecule has 202 valence electrons. The highest BCUT2D eigenvalue weighted by Crippen LogP contribution is 2.42. The molecule has 6 nitrogen and oxygen atoms in total. The molecule has 3 aromatic carbocycles. The Bertz CT molecular complexity index is 1490. The van der Waals surface area contributed by atoms with E-state index >= 15 is 0 Å². The smallest absolute Gasteiger partial charge is 0.416 e. The number of halogens is 5. The highest BCUT2D eigenvalue weighted by molar-refractivity contribution is 7.92. The summed E-state index contributed by atoms with van der Waals surface area (Å²) in [5.41, 5.74) is -1.15. The van der Waals surface area contributed by atoms with Gasteiger partial charge < -0.3 is 14.2 Å². The topological polar surface area (TPSA) is 65.1 Å². The molecule has 0 radical (unpaired) electrons. The van der Waals surface area contributed by atoms with Crippen LogP contribution in [0.15, 0.2) is 65.6 Å². The standard InChI is InChI=1S/C26H22F5NO5S/c1-25(2)35-14-24(37-25)23-13-32(38(33,34)18-5-3-4-16(11-18)26(29,30)31)21-10-15(6-9-22(21)36-23)19-12-17(27)7-8-20(19)28/h3-12,23-24H,13-14H2,1-2H3/t23?,24-/m1/s1. The zero-order valence-corrected chi connectivity index (χ0v) is 20.9. The van der Waals surface area contributed by atoms with Crippen LogP contribution in [0.4, 0.5) is 27.6 Å². The number of benzene rings is 3. The van der Waals surface area contributed by atoms with E-state index in [1.807, 2.05) is 0 Å². The van der Waals surface area contributed by atoms with Crippen molar-refractivity contribution in [2.24, 2.45) is 0 Å². The fraction of sp³-hybridized carbons (Fsp3) is 0.308. The second kappa shape index (κ2) is 9.21. The molecule has 2 aliphatic rings. The van der Waals surface area contributed by atoms with Gasteiger partial charge in [-0.2, -0.15) is 13.2 Å². The highest BCUT2D eigenvalue weighted by atomic mass is 32.2. The lowest BCUT2D eigenvalue weighted by atomic mass is 10.0. The normalized spacial score (nSPS) is 21.2. The molecule has 1 fully saturated rings. The van der Waals surface area contributed by atoms with Crippen LogP contribution in [0.25, 0.3) is 11.1 Å². The number of rotatable bonds is 4. The van der Waals surface area contributed by atoms with Crippen LogP contribution < -0.4 is 9.04 Å². The largest absolute Gasteiger partial charge is 0.483 e. The molecule has 1 saturated heterocycles. The van der Waals surface area contributed by atoms with Gasteiger partial charge in [-0.25, -0.2) is 17.2 Å². The van der Waals surface area contributed by atoms with E-state index in [0.29, 0.717) is 6.07 Å². The maximum atomic E-state index is 14.5. The highest BCUT2D eigenvalue weighted by Gasteiger charge is 2.44. The molecule has 38 heavy (non-hydrogen) atoms. The summed E-state index contributed by atoms with van der Waals surface area (Å²) < 4.78 is 114. The Labute approximate surface area is 215 Å². The van der Waals surface area contributed by atoms with Crippen LogP contribution in [0.5, 0.6) is 5.75 Å². The molecule has 2 aliphatic heterocycles. The molecule has 0 saturated carbocycles. The van der Waals surface area contributed by atoms with Crippen LogP contribution >= 0.6 is 0 Å². The summed E-state index contributed by atoms with van der Waals surface area (Å²) in [7, 11) is -4.58. The summed E-state index contributed by atoms with van der Waals surface area (Å²) >= 11 is 0. The van der Waals surface area contributed by atoms with E-state index in [-0.39, 0.29) is 35.7 Å². The second-order valence-corrected chi connectivity index (χ2v) is 11.3. The van der Waals surface area contributed by atoms with Crippen molar-refractivity contribution >= 4 is 15.7 Å². The van der Waals surface area contributed by atoms with E-state index in [1.165, 1.54) is 18.2 Å². The van der Waals surface area contributed by atoms with E-state index in [9.17, 15) is 30.4 Å². The van der Waals surface area contributed by atoms with Gasteiger partial charge in [-0.3, -0.25) is 4.31 Å². The van der Waals surface area contributed by atoms with Crippen molar-refractivity contribution in [2.45, 2.75) is 42.9 Å². The minimum Gasteiger partial charge on any atom is -0.483 e. The third-order valence-corrected chi connectivity index (χ3v) is 8.06. The summed E-state index contributed by atoms with van der Waals surface area (Å²) in [5, 5.41) is 0. The molecule has 0 aromatic heterocycles. The molecule has 0 amide bonds. The Morgan fingerprint density at radius 2 is 1.74 bits per heavy atom. The van der Waals surface area contributed by atoms with Crippen LogP contribution in [0, 0.1) is 11.6 Å². The van der Waals surface area contributed by atoms with Gasteiger partial charge in [-0.05, 0) is 67.9 Å². The summed E-state index contributed by atoms with van der Waals surface area (Å²) in [6, 6.07) is 10.4. The predicted molar refractivity (Wildman–Crippen MR) is 127 cm³/mol. The number of hydrogen-bond acceptors (Lipinski definition) is 5. The first kappa shape index (κ1) is 26.4. The average molecular weight is 556 g/mol. The molecule has 5 rings (SSSR count). The Morgan fingerprint density at radius 3 is 2.42 bits per heavy atom. The van der Waals surface area contributed by atoms with Crippen molar-refractivity contribution in [1.29, 1.82) is 0 Å². The van der Waals surface area contributed by atoms with Gasteiger partial charge in [0.2, 0.25) is 0 Å². The van der Waals surface area contributed by atoms with Gasteiger partial charge in [-0.1, -0.05) is 12.1 Å². The van der Waals surface area contributed by atoms with Crippen molar-refractivity contribution in [3.8, 4) is 16.9 Å². The van der Waals surface area contributed by atoms with E-state index in [4.69, 9.17) is 14.2 Å². The zero-order valence-electron chi connectivity index (χ0n) is 20.1. The van der Waals surface area contributed by atoms with Crippen LogP contribution in [-0.2, 0) is 25.7 Å². The molecule has 2 heterocycles. The molecular formula is C26H22F5NO5S. The lowest BCUT2D eigenvalue weighted by Gasteiger charge is -2.37. The summed E-state index contributed by atoms with van der Waals surface area (Å²) in [4.78, 5) is -0.592. The van der Waals surface area contributed by atoms with E-state index in [1.54, 1.807) is 13.8 Å². The van der Waals surface area contributed by atoms with Gasteiger partial charge in [-0.15, -0.1) is 0 Å². The number of anilines is 1. The number of sulfonamides is 1. The molecule has 0 aliphatic carbocycles. The number of hydrogen-bond donors (Lipinski definition) is 0. The Morgan fingerprint density at radius 1 is 0.974 bits per heavy atom. The number of ether oxygens (including phenoxy) is 3. The molecule has 0 N–H and O–H groups in total. The van der Waals surface area contributed by atoms with Crippen LogP contribution in [0.1, 0.15) is 19.4 Å². The van der Waals surface area contributed by atoms with E-state index in [0.717, 1.165) is 40.7 Å². The first-order valence-electron chi connectivity index (χ1n) is 11.5. The lowest BCUT2D eigenvalue weighted by Crippen LogP contribution is -2.49. The Balaban J connectivity index is 1.62. The van der Waals surface area contributed by atoms with Gasteiger partial charge in [0.05, 0.1) is 29.3 Å². The fourth-order valence-corrected chi connectivity index (χ4v) is 5.97. The van der Waals surface area contributed by atoms with E-state index < -0.39 is 56.3 Å². The van der Waals surface area contributed by atoms with Gasteiger partial charge >= 0.3 is 6.18 Å². The summed E-state index contributed by atoms with van der Waals surface area (Å²) in [5.74, 6) is -2.32. The molecule has 1 unspecified atom stereocenters. The van der Waals surface area contributed by atoms with Crippen molar-refractivity contribution in [2.75, 3.05) is 17.5 Å². The maximum absolute atomic E-state index is 14.5. The van der Waals surface area contributed by atoms with Crippen LogP contribution in [0.3, 0.4) is 0 Å². The third-order valence-electron chi connectivity index (χ3n) is 6.29. The molecule has 3 aromatic rings. The SMILES string of the molecule is CC1(C)OC[C@H](C2CN(S(=O)(=O)c3cccc(C(F)(F)F)c3)c3cc(-c4cc(F)ccc4F)ccc3O2)O1. The Kier molecular flexibility index (Phi) is 6.40. The number of alkyl halides is 3. The third kappa shape index (κ3) is 4.95. The second-order valence-electron chi connectivity index (χ2n) is 9.39. The van der Waals surface area contributed by atoms with Crippen molar-refractivity contribution < 1.29 is 44.6 Å². The van der Waals surface area contributed by atoms with E-state index in [2.05, 4.69) is 0 Å². The zero-order chi connectivity index (χ0) is 27.5. The van der Waals surface area contributed by atoms with Crippen LogP contribution in [0.2, 0.25) is 0 Å². The number of nitrogens with zero attached hydrogens (tertiary/aromatic N) is 1. The monoisotopic (exact) mass is 555 g/mol. The maximum Gasteiger partial charge on any atom is 0.416 e. The summed E-state index contributed by atoms with van der Waals surface area (Å²) in [6.45, 7) is 3.13. The molecule has 12 heteroatoms. The predicted octanol–water partition coefficient (Wildman–Crippen LogP) is 5.76. The fourth-order valence-electron chi connectivity index (χ4n) is 4.44. The van der Waals surface area contributed by atoms with Gasteiger partial charge in [0.15, 0.2) is 5.79 Å². The average Bonchev–Trinajstić information content (AvgIpc) is 3.23.